The lowest BCUT2D eigenvalue weighted by Crippen LogP contribution is -2.35. The fourth-order valence-corrected chi connectivity index (χ4v) is 2.44. The van der Waals surface area contributed by atoms with Gasteiger partial charge in [-0.25, -0.2) is 0 Å². The lowest BCUT2D eigenvalue weighted by Gasteiger charge is -2.16. The third-order valence-corrected chi connectivity index (χ3v) is 3.74. The normalized spacial score (nSPS) is 16.2. The fourth-order valence-electron chi connectivity index (χ4n) is 2.44. The molecule has 3 heteroatoms. The van der Waals surface area contributed by atoms with E-state index >= 15 is 0 Å². The zero-order valence-electron chi connectivity index (χ0n) is 11.6. The highest BCUT2D eigenvalue weighted by Gasteiger charge is 2.24. The Hall–Kier alpha value is -1.58. The molecule has 3 rings (SSSR count). The monoisotopic (exact) mass is 271 g/mol. The predicted octanol–water partition coefficient (Wildman–Crippen LogP) is 2.72. The van der Waals surface area contributed by atoms with Crippen molar-refractivity contribution in [1.82, 2.24) is 5.32 Å². The van der Waals surface area contributed by atoms with Crippen molar-refractivity contribution in [1.29, 1.82) is 0 Å². The summed E-state index contributed by atoms with van der Waals surface area (Å²) in [4.78, 5) is 0. The Labute approximate surface area is 119 Å². The van der Waals surface area contributed by atoms with Crippen molar-refractivity contribution >= 4 is 10.8 Å². The summed E-state index contributed by atoms with van der Waals surface area (Å²) in [6.45, 7) is 0.800. The summed E-state index contributed by atoms with van der Waals surface area (Å²) in [5.74, 6) is 0.922. The summed E-state index contributed by atoms with van der Waals surface area (Å²) >= 11 is 0. The van der Waals surface area contributed by atoms with Crippen LogP contribution in [0.5, 0.6) is 5.75 Å². The van der Waals surface area contributed by atoms with E-state index in [9.17, 15) is 5.11 Å². The molecule has 0 amide bonds. The number of rotatable bonds is 7. The molecular weight excluding hydrogens is 250 g/mol. The molecule has 0 aliphatic heterocycles. The molecular formula is C17H21NO2. The first-order valence-electron chi connectivity index (χ1n) is 7.34. The number of fused-ring (bicyclic) bond motifs is 1. The first-order chi connectivity index (χ1) is 9.86. The molecule has 0 radical (unpaired) electrons. The van der Waals surface area contributed by atoms with E-state index in [1.807, 2.05) is 24.3 Å². The average molecular weight is 271 g/mol. The van der Waals surface area contributed by atoms with Gasteiger partial charge >= 0.3 is 0 Å². The van der Waals surface area contributed by atoms with Gasteiger partial charge in [0, 0.05) is 17.5 Å². The first kappa shape index (κ1) is 13.4. The molecule has 1 unspecified atom stereocenters. The van der Waals surface area contributed by atoms with E-state index in [0.717, 1.165) is 17.6 Å². The smallest absolute Gasteiger partial charge is 0.127 e. The molecule has 1 atom stereocenters. The van der Waals surface area contributed by atoms with E-state index in [4.69, 9.17) is 4.74 Å². The van der Waals surface area contributed by atoms with Gasteiger partial charge in [-0.2, -0.15) is 0 Å². The van der Waals surface area contributed by atoms with E-state index in [2.05, 4.69) is 23.5 Å². The molecule has 2 aromatic carbocycles. The van der Waals surface area contributed by atoms with Crippen molar-refractivity contribution in [3.8, 4) is 5.75 Å². The van der Waals surface area contributed by atoms with Crippen LogP contribution >= 0.6 is 0 Å². The van der Waals surface area contributed by atoms with Crippen molar-refractivity contribution in [2.45, 2.75) is 31.3 Å². The predicted molar refractivity (Wildman–Crippen MR) is 81.1 cm³/mol. The molecule has 3 nitrogen and oxygen atoms in total. The minimum atomic E-state index is 0.150. The first-order valence-corrected chi connectivity index (χ1v) is 7.34. The summed E-state index contributed by atoms with van der Waals surface area (Å²) in [6.07, 6.45) is 3.30. The summed E-state index contributed by atoms with van der Waals surface area (Å²) in [5.41, 5.74) is 0. The number of benzene rings is 2. The van der Waals surface area contributed by atoms with E-state index in [1.165, 1.54) is 18.2 Å². The van der Waals surface area contributed by atoms with E-state index in [0.29, 0.717) is 12.6 Å². The highest BCUT2D eigenvalue weighted by Crippen LogP contribution is 2.25. The topological polar surface area (TPSA) is 41.5 Å². The molecule has 1 fully saturated rings. The lowest BCUT2D eigenvalue weighted by molar-refractivity contribution is 0.208. The number of aliphatic hydroxyl groups is 1. The van der Waals surface area contributed by atoms with E-state index < -0.39 is 0 Å². The Morgan fingerprint density at radius 1 is 1.15 bits per heavy atom. The van der Waals surface area contributed by atoms with Gasteiger partial charge in [-0.05, 0) is 30.7 Å². The zero-order chi connectivity index (χ0) is 13.8. The molecule has 1 saturated carbocycles. The Bertz CT molecular complexity index is 560. The van der Waals surface area contributed by atoms with Crippen LogP contribution < -0.4 is 10.1 Å². The van der Waals surface area contributed by atoms with Gasteiger partial charge in [-0.15, -0.1) is 0 Å². The summed E-state index contributed by atoms with van der Waals surface area (Å²) in [7, 11) is 0. The molecule has 0 spiro atoms. The largest absolute Gasteiger partial charge is 0.493 e. The molecule has 0 aromatic heterocycles. The number of ether oxygens (including phenoxy) is 1. The molecule has 0 saturated heterocycles. The van der Waals surface area contributed by atoms with E-state index in [-0.39, 0.29) is 12.6 Å². The molecule has 1 aliphatic carbocycles. The van der Waals surface area contributed by atoms with Crippen molar-refractivity contribution in [2.24, 2.45) is 0 Å². The van der Waals surface area contributed by atoms with E-state index in [1.54, 1.807) is 0 Å². The molecule has 106 valence electrons. The average Bonchev–Trinajstić information content (AvgIpc) is 3.30. The van der Waals surface area contributed by atoms with Crippen LogP contribution in [0.2, 0.25) is 0 Å². The van der Waals surface area contributed by atoms with Crippen LogP contribution in [0, 0.1) is 0 Å². The maximum absolute atomic E-state index is 9.35. The van der Waals surface area contributed by atoms with Gasteiger partial charge < -0.3 is 15.2 Å². The second kappa shape index (κ2) is 6.25. The van der Waals surface area contributed by atoms with Crippen LogP contribution in [0.1, 0.15) is 19.3 Å². The second-order valence-electron chi connectivity index (χ2n) is 5.43. The molecule has 20 heavy (non-hydrogen) atoms. The minimum Gasteiger partial charge on any atom is -0.493 e. The standard InChI is InChI=1S/C17H21NO2/c19-12-15(18-14-8-9-14)10-11-20-17-7-3-5-13-4-1-2-6-16(13)17/h1-7,14-15,18-19H,8-12H2. The van der Waals surface area contributed by atoms with Crippen LogP contribution in [0.25, 0.3) is 10.8 Å². The highest BCUT2D eigenvalue weighted by atomic mass is 16.5. The van der Waals surface area contributed by atoms with Crippen molar-refractivity contribution < 1.29 is 9.84 Å². The van der Waals surface area contributed by atoms with Gasteiger partial charge in [0.1, 0.15) is 5.75 Å². The van der Waals surface area contributed by atoms with Crippen LogP contribution in [-0.2, 0) is 0 Å². The van der Waals surface area contributed by atoms with Gasteiger partial charge in [-0.3, -0.25) is 0 Å². The summed E-state index contributed by atoms with van der Waals surface area (Å²) < 4.78 is 5.90. The Kier molecular flexibility index (Phi) is 4.19. The maximum atomic E-state index is 9.35. The quantitative estimate of drug-likeness (QED) is 0.813. The third-order valence-electron chi connectivity index (χ3n) is 3.74. The van der Waals surface area contributed by atoms with Gasteiger partial charge in [0.15, 0.2) is 0 Å². The van der Waals surface area contributed by atoms with Gasteiger partial charge in [0.2, 0.25) is 0 Å². The fraction of sp³-hybridized carbons (Fsp3) is 0.412. The Morgan fingerprint density at radius 3 is 2.75 bits per heavy atom. The second-order valence-corrected chi connectivity index (χ2v) is 5.43. The highest BCUT2D eigenvalue weighted by molar-refractivity contribution is 5.88. The molecule has 1 aliphatic rings. The number of aliphatic hydroxyl groups excluding tert-OH is 1. The molecule has 0 bridgehead atoms. The van der Waals surface area contributed by atoms with Crippen LogP contribution in [0.4, 0.5) is 0 Å². The molecule has 0 heterocycles. The zero-order valence-corrected chi connectivity index (χ0v) is 11.6. The summed E-state index contributed by atoms with van der Waals surface area (Å²) in [6, 6.07) is 15.1. The SMILES string of the molecule is OCC(CCOc1cccc2ccccc12)NC1CC1. The third kappa shape index (κ3) is 3.30. The molecule has 2 aromatic rings. The Balaban J connectivity index is 1.58. The number of nitrogens with one attached hydrogen (secondary N) is 1. The number of hydrogen-bond acceptors (Lipinski definition) is 3. The van der Waals surface area contributed by atoms with Crippen LogP contribution in [0.15, 0.2) is 42.5 Å². The van der Waals surface area contributed by atoms with Crippen LogP contribution in [0.3, 0.4) is 0 Å². The van der Waals surface area contributed by atoms with Gasteiger partial charge in [0.05, 0.1) is 13.2 Å². The van der Waals surface area contributed by atoms with Crippen molar-refractivity contribution in [3.63, 3.8) is 0 Å². The van der Waals surface area contributed by atoms with Crippen molar-refractivity contribution in [2.75, 3.05) is 13.2 Å². The minimum absolute atomic E-state index is 0.150. The van der Waals surface area contributed by atoms with Crippen molar-refractivity contribution in [3.05, 3.63) is 42.5 Å². The van der Waals surface area contributed by atoms with Gasteiger partial charge in [-0.1, -0.05) is 36.4 Å². The van der Waals surface area contributed by atoms with Crippen LogP contribution in [-0.4, -0.2) is 30.4 Å². The summed E-state index contributed by atoms with van der Waals surface area (Å²) in [5, 5.41) is 15.1. The molecule has 2 N–H and O–H groups in total. The maximum Gasteiger partial charge on any atom is 0.127 e. The Morgan fingerprint density at radius 2 is 1.95 bits per heavy atom. The number of hydrogen-bond donors (Lipinski definition) is 2. The van der Waals surface area contributed by atoms with Gasteiger partial charge in [0.25, 0.3) is 0 Å². The lowest BCUT2D eigenvalue weighted by atomic mass is 10.1.